The molecular weight excluding hydrogens is 232 g/mol. The molecule has 0 saturated heterocycles. The summed E-state index contributed by atoms with van der Waals surface area (Å²) in [6.07, 6.45) is 3.12. The highest BCUT2D eigenvalue weighted by molar-refractivity contribution is 5.59. The Balaban J connectivity index is 4.34. The van der Waals surface area contributed by atoms with Gasteiger partial charge in [-0.05, 0) is 39.0 Å². The minimum absolute atomic E-state index is 0.435. The van der Waals surface area contributed by atoms with Crippen molar-refractivity contribution >= 4 is 6.16 Å². The molecule has 0 rings (SSSR count). The second-order valence-corrected chi connectivity index (χ2v) is 4.92. The van der Waals surface area contributed by atoms with Crippen molar-refractivity contribution in [1.82, 2.24) is 0 Å². The van der Waals surface area contributed by atoms with Crippen LogP contribution >= 0.6 is 0 Å². The first-order valence-corrected chi connectivity index (χ1v) is 6.99. The molecule has 0 fully saturated rings. The highest BCUT2D eigenvalue weighted by atomic mass is 17.2. The Kier molecular flexibility index (Phi) is 7.29. The quantitative estimate of drug-likeness (QED) is 0.363. The molecule has 0 aliphatic carbocycles. The largest absolute Gasteiger partial charge is 0.541 e. The fraction of sp³-hybridized carbons (Fsp3) is 0.929. The first-order valence-electron chi connectivity index (χ1n) is 6.99. The molecule has 0 aromatic heterocycles. The smallest absolute Gasteiger partial charge is 0.426 e. The Bertz CT molecular complexity index is 234. The average Bonchev–Trinajstić information content (AvgIpc) is 2.42. The van der Waals surface area contributed by atoms with E-state index in [2.05, 4.69) is 0 Å². The molecule has 0 saturated carbocycles. The molecule has 4 nitrogen and oxygen atoms in total. The van der Waals surface area contributed by atoms with Gasteiger partial charge < -0.3 is 4.74 Å². The Morgan fingerprint density at radius 3 is 1.67 bits per heavy atom. The third-order valence-electron chi connectivity index (χ3n) is 4.04. The molecule has 0 spiro atoms. The predicted molar refractivity (Wildman–Crippen MR) is 71.2 cm³/mol. The van der Waals surface area contributed by atoms with Gasteiger partial charge in [0.05, 0.1) is 0 Å². The lowest BCUT2D eigenvalue weighted by molar-refractivity contribution is -0.328. The normalized spacial score (nSPS) is 12.3. The van der Waals surface area contributed by atoms with E-state index in [0.29, 0.717) is 0 Å². The lowest BCUT2D eigenvalue weighted by atomic mass is 9.94. The number of carbonyl (C=O) groups is 1. The van der Waals surface area contributed by atoms with E-state index in [4.69, 9.17) is 14.5 Å². The second-order valence-electron chi connectivity index (χ2n) is 4.92. The molecule has 0 amide bonds. The molecule has 0 bridgehead atoms. The molecule has 0 unspecified atom stereocenters. The molecular formula is C14H28O4. The van der Waals surface area contributed by atoms with Crippen molar-refractivity contribution in [2.24, 2.45) is 0 Å². The summed E-state index contributed by atoms with van der Waals surface area (Å²) in [4.78, 5) is 21.6. The lowest BCUT2D eigenvalue weighted by Gasteiger charge is -2.30. The Morgan fingerprint density at radius 2 is 1.33 bits per heavy atom. The van der Waals surface area contributed by atoms with Crippen LogP contribution in [0.4, 0.5) is 4.79 Å². The Hall–Kier alpha value is -0.770. The van der Waals surface area contributed by atoms with Gasteiger partial charge >= 0.3 is 6.16 Å². The van der Waals surface area contributed by atoms with E-state index in [1.807, 2.05) is 41.5 Å². The van der Waals surface area contributed by atoms with Crippen LogP contribution in [0, 0.1) is 0 Å². The van der Waals surface area contributed by atoms with Gasteiger partial charge in [-0.15, -0.1) is 0 Å². The number of carbonyl (C=O) groups excluding carboxylic acids is 1. The monoisotopic (exact) mass is 260 g/mol. The minimum Gasteiger partial charge on any atom is -0.426 e. The molecule has 18 heavy (non-hydrogen) atoms. The topological polar surface area (TPSA) is 44.8 Å². The van der Waals surface area contributed by atoms with Gasteiger partial charge in [0.2, 0.25) is 0 Å². The predicted octanol–water partition coefficient (Wildman–Crippen LogP) is 4.62. The summed E-state index contributed by atoms with van der Waals surface area (Å²) in [5, 5.41) is 0. The third-order valence-corrected chi connectivity index (χ3v) is 4.04. The van der Waals surface area contributed by atoms with Crippen molar-refractivity contribution in [2.45, 2.75) is 84.8 Å². The van der Waals surface area contributed by atoms with E-state index in [-0.39, 0.29) is 0 Å². The Labute approximate surface area is 111 Å². The zero-order chi connectivity index (χ0) is 14.2. The summed E-state index contributed by atoms with van der Waals surface area (Å²) in [6, 6.07) is 0. The van der Waals surface area contributed by atoms with Gasteiger partial charge in [0.15, 0.2) is 0 Å². The van der Waals surface area contributed by atoms with Crippen molar-refractivity contribution < 1.29 is 19.3 Å². The van der Waals surface area contributed by atoms with E-state index < -0.39 is 17.4 Å². The molecule has 0 aromatic rings. The van der Waals surface area contributed by atoms with Crippen LogP contribution < -0.4 is 0 Å². The summed E-state index contributed by atoms with van der Waals surface area (Å²) in [7, 11) is 0. The molecule has 0 heterocycles. The maximum atomic E-state index is 11.6. The highest BCUT2D eigenvalue weighted by Gasteiger charge is 2.31. The first-order chi connectivity index (χ1) is 8.40. The standard InChI is InChI=1S/C14H28O4/c1-7-13(6,8-2)18-17-12(15)16-14(9-3,10-4)11-5/h7-11H2,1-6H3. The van der Waals surface area contributed by atoms with Gasteiger partial charge in [-0.1, -0.05) is 34.6 Å². The average molecular weight is 260 g/mol. The highest BCUT2D eigenvalue weighted by Crippen LogP contribution is 2.26. The van der Waals surface area contributed by atoms with Crippen LogP contribution in [0.5, 0.6) is 0 Å². The maximum Gasteiger partial charge on any atom is 0.541 e. The summed E-state index contributed by atoms with van der Waals surface area (Å²) in [6.45, 7) is 11.9. The number of rotatable bonds is 8. The van der Waals surface area contributed by atoms with Crippen LogP contribution in [0.3, 0.4) is 0 Å². The van der Waals surface area contributed by atoms with Gasteiger partial charge in [0, 0.05) is 0 Å². The molecule has 108 valence electrons. The number of hydrogen-bond acceptors (Lipinski definition) is 4. The van der Waals surface area contributed by atoms with E-state index in [1.165, 1.54) is 0 Å². The number of ether oxygens (including phenoxy) is 1. The summed E-state index contributed by atoms with van der Waals surface area (Å²) in [5.74, 6) is 0. The van der Waals surface area contributed by atoms with Crippen LogP contribution in [0.25, 0.3) is 0 Å². The molecule has 0 aromatic carbocycles. The Morgan fingerprint density at radius 1 is 0.889 bits per heavy atom. The fourth-order valence-corrected chi connectivity index (χ4v) is 1.66. The zero-order valence-electron chi connectivity index (χ0n) is 12.7. The molecule has 0 atom stereocenters. The minimum atomic E-state index is -0.742. The van der Waals surface area contributed by atoms with Gasteiger partial charge in [-0.25, -0.2) is 4.79 Å². The van der Waals surface area contributed by atoms with Crippen molar-refractivity contribution in [1.29, 1.82) is 0 Å². The van der Waals surface area contributed by atoms with Gasteiger partial charge in [-0.2, -0.15) is 4.89 Å². The molecule has 0 N–H and O–H groups in total. The molecule has 0 aliphatic heterocycles. The van der Waals surface area contributed by atoms with Crippen LogP contribution in [-0.2, 0) is 14.5 Å². The summed E-state index contributed by atoms with van der Waals surface area (Å²) in [5.41, 5.74) is -0.873. The maximum absolute atomic E-state index is 11.6. The molecule has 4 heteroatoms. The van der Waals surface area contributed by atoms with E-state index in [9.17, 15) is 4.79 Å². The lowest BCUT2D eigenvalue weighted by Crippen LogP contribution is -2.35. The molecule has 0 radical (unpaired) electrons. The van der Waals surface area contributed by atoms with Crippen molar-refractivity contribution in [3.63, 3.8) is 0 Å². The summed E-state index contributed by atoms with van der Waals surface area (Å²) >= 11 is 0. The first kappa shape index (κ1) is 17.2. The van der Waals surface area contributed by atoms with Crippen LogP contribution in [0.1, 0.15) is 73.6 Å². The zero-order valence-corrected chi connectivity index (χ0v) is 12.7. The van der Waals surface area contributed by atoms with Gasteiger partial charge in [0.25, 0.3) is 0 Å². The van der Waals surface area contributed by atoms with E-state index in [1.54, 1.807) is 0 Å². The summed E-state index contributed by atoms with van der Waals surface area (Å²) < 4.78 is 5.38. The van der Waals surface area contributed by atoms with Gasteiger partial charge in [-0.3, -0.25) is 4.89 Å². The molecule has 0 aliphatic rings. The second kappa shape index (κ2) is 7.62. The number of hydrogen-bond donors (Lipinski definition) is 0. The van der Waals surface area contributed by atoms with E-state index >= 15 is 0 Å². The van der Waals surface area contributed by atoms with Crippen LogP contribution in [0.15, 0.2) is 0 Å². The van der Waals surface area contributed by atoms with Crippen LogP contribution in [-0.4, -0.2) is 17.4 Å². The van der Waals surface area contributed by atoms with Crippen molar-refractivity contribution in [2.75, 3.05) is 0 Å². The van der Waals surface area contributed by atoms with Crippen molar-refractivity contribution in [3.8, 4) is 0 Å². The fourth-order valence-electron chi connectivity index (χ4n) is 1.66. The van der Waals surface area contributed by atoms with E-state index in [0.717, 1.165) is 32.1 Å². The van der Waals surface area contributed by atoms with Crippen molar-refractivity contribution in [3.05, 3.63) is 0 Å². The SMILES string of the molecule is CCC(C)(CC)OOC(=O)OC(CC)(CC)CC. The van der Waals surface area contributed by atoms with Gasteiger partial charge in [0.1, 0.15) is 11.2 Å². The third kappa shape index (κ3) is 4.84. The van der Waals surface area contributed by atoms with Crippen LogP contribution in [0.2, 0.25) is 0 Å².